The molecule has 0 atom stereocenters. The number of aryl methyl sites for hydroxylation is 1. The first kappa shape index (κ1) is 13.0. The smallest absolute Gasteiger partial charge is 0.176 e. The molecule has 0 aromatic heterocycles. The quantitative estimate of drug-likeness (QED) is 0.804. The van der Waals surface area contributed by atoms with E-state index in [0.717, 1.165) is 12.0 Å². The molecule has 1 rings (SSSR count). The Morgan fingerprint density at radius 1 is 1.50 bits per heavy atom. The van der Waals surface area contributed by atoms with Crippen molar-refractivity contribution in [3.63, 3.8) is 0 Å². The van der Waals surface area contributed by atoms with Crippen molar-refractivity contribution in [2.45, 2.75) is 13.3 Å². The van der Waals surface area contributed by atoms with Gasteiger partial charge < -0.3 is 10.1 Å². The summed E-state index contributed by atoms with van der Waals surface area (Å²) in [4.78, 5) is 11.8. The van der Waals surface area contributed by atoms with E-state index in [1.165, 1.54) is 0 Å². The molecule has 1 N–H and O–H groups in total. The minimum absolute atomic E-state index is 0.0453. The highest BCUT2D eigenvalue weighted by Gasteiger charge is 2.13. The number of nitrogens with one attached hydrogen (secondary N) is 1. The number of hydrogen-bond acceptors (Lipinski definition) is 3. The van der Waals surface area contributed by atoms with Crippen LogP contribution in [0.1, 0.15) is 22.8 Å². The Balaban J connectivity index is 3.17. The molecule has 0 saturated carbocycles. The van der Waals surface area contributed by atoms with Gasteiger partial charge in [-0.1, -0.05) is 18.5 Å². The molecule has 0 aliphatic rings. The van der Waals surface area contributed by atoms with E-state index in [9.17, 15) is 4.79 Å². The summed E-state index contributed by atoms with van der Waals surface area (Å²) in [5, 5.41) is 3.31. The van der Waals surface area contributed by atoms with Crippen LogP contribution in [0.3, 0.4) is 0 Å². The summed E-state index contributed by atoms with van der Waals surface area (Å²) >= 11 is 6.01. The Morgan fingerprint density at radius 2 is 2.19 bits per heavy atom. The molecule has 0 bridgehead atoms. The van der Waals surface area contributed by atoms with Crippen LogP contribution in [0.25, 0.3) is 0 Å². The van der Waals surface area contributed by atoms with Gasteiger partial charge in [0.25, 0.3) is 0 Å². The Bertz CT molecular complexity index is 391. The molecule has 16 heavy (non-hydrogen) atoms. The minimum atomic E-state index is 0.0453. The van der Waals surface area contributed by atoms with Crippen molar-refractivity contribution in [1.29, 1.82) is 0 Å². The fourth-order valence-electron chi connectivity index (χ4n) is 1.56. The largest absolute Gasteiger partial charge is 0.495 e. The lowest BCUT2D eigenvalue weighted by Gasteiger charge is -2.10. The van der Waals surface area contributed by atoms with E-state index < -0.39 is 0 Å². The normalized spacial score (nSPS) is 10.2. The van der Waals surface area contributed by atoms with E-state index in [1.807, 2.05) is 13.0 Å². The molecule has 0 aliphatic heterocycles. The zero-order valence-corrected chi connectivity index (χ0v) is 10.5. The summed E-state index contributed by atoms with van der Waals surface area (Å²) in [5.74, 6) is 0.656. The molecule has 0 saturated heterocycles. The molecule has 1 aromatic carbocycles. The van der Waals surface area contributed by atoms with Gasteiger partial charge in [-0.2, -0.15) is 0 Å². The summed E-state index contributed by atoms with van der Waals surface area (Å²) in [7, 11) is 3.31. The van der Waals surface area contributed by atoms with Crippen molar-refractivity contribution < 1.29 is 9.53 Å². The van der Waals surface area contributed by atoms with E-state index in [1.54, 1.807) is 20.2 Å². The standard InChI is InChI=1S/C12H16ClNO2/c1-4-8-5-12(16-3)10(13)6-9(8)11(15)7-14-2/h5-6,14H,4,7H2,1-3H3. The van der Waals surface area contributed by atoms with E-state index in [-0.39, 0.29) is 5.78 Å². The third-order valence-electron chi connectivity index (χ3n) is 2.40. The molecule has 1 aromatic rings. The number of carbonyl (C=O) groups excluding carboxylic acids is 1. The maximum atomic E-state index is 11.8. The second-order valence-electron chi connectivity index (χ2n) is 3.45. The van der Waals surface area contributed by atoms with Gasteiger partial charge in [-0.15, -0.1) is 0 Å². The number of benzene rings is 1. The number of ether oxygens (including phenoxy) is 1. The Labute approximate surface area is 101 Å². The van der Waals surface area contributed by atoms with Gasteiger partial charge in [-0.25, -0.2) is 0 Å². The summed E-state index contributed by atoms with van der Waals surface area (Å²) in [6.07, 6.45) is 0.776. The Morgan fingerprint density at radius 3 is 2.69 bits per heavy atom. The fourth-order valence-corrected chi connectivity index (χ4v) is 1.80. The SMILES string of the molecule is CCc1cc(OC)c(Cl)cc1C(=O)CNC. The molecule has 0 heterocycles. The molecule has 3 nitrogen and oxygen atoms in total. The maximum Gasteiger partial charge on any atom is 0.176 e. The molecule has 0 aliphatic carbocycles. The zero-order chi connectivity index (χ0) is 12.1. The van der Waals surface area contributed by atoms with Crippen LogP contribution in [0, 0.1) is 0 Å². The van der Waals surface area contributed by atoms with Crippen LogP contribution in [-0.2, 0) is 6.42 Å². The van der Waals surface area contributed by atoms with Crippen LogP contribution >= 0.6 is 11.6 Å². The van der Waals surface area contributed by atoms with Crippen molar-refractivity contribution in [2.75, 3.05) is 20.7 Å². The van der Waals surface area contributed by atoms with Gasteiger partial charge in [0.15, 0.2) is 5.78 Å². The lowest BCUT2D eigenvalue weighted by atomic mass is 10.0. The first-order valence-electron chi connectivity index (χ1n) is 5.18. The Kier molecular flexibility index (Phi) is 4.77. The van der Waals surface area contributed by atoms with Crippen molar-refractivity contribution in [3.05, 3.63) is 28.3 Å². The fraction of sp³-hybridized carbons (Fsp3) is 0.417. The number of halogens is 1. The van der Waals surface area contributed by atoms with E-state index in [2.05, 4.69) is 5.32 Å². The monoisotopic (exact) mass is 241 g/mol. The molecule has 0 radical (unpaired) electrons. The van der Waals surface area contributed by atoms with E-state index in [0.29, 0.717) is 22.9 Å². The average Bonchev–Trinajstić information content (AvgIpc) is 2.29. The van der Waals surface area contributed by atoms with Crippen LogP contribution in [-0.4, -0.2) is 26.5 Å². The van der Waals surface area contributed by atoms with Crippen LogP contribution in [0.2, 0.25) is 5.02 Å². The van der Waals surface area contributed by atoms with Crippen molar-refractivity contribution in [3.8, 4) is 5.75 Å². The highest BCUT2D eigenvalue weighted by Crippen LogP contribution is 2.28. The maximum absolute atomic E-state index is 11.8. The summed E-state index contributed by atoms with van der Waals surface area (Å²) in [6.45, 7) is 2.31. The van der Waals surface area contributed by atoms with Gasteiger partial charge in [0, 0.05) is 5.56 Å². The van der Waals surface area contributed by atoms with Crippen LogP contribution < -0.4 is 10.1 Å². The van der Waals surface area contributed by atoms with E-state index >= 15 is 0 Å². The average molecular weight is 242 g/mol. The number of methoxy groups -OCH3 is 1. The van der Waals surface area contributed by atoms with Gasteiger partial charge >= 0.3 is 0 Å². The summed E-state index contributed by atoms with van der Waals surface area (Å²) in [5.41, 5.74) is 1.63. The number of likely N-dealkylation sites (N-methyl/N-ethyl adjacent to an activating group) is 1. The number of rotatable bonds is 5. The summed E-state index contributed by atoms with van der Waals surface area (Å²) < 4.78 is 5.12. The molecular formula is C12H16ClNO2. The zero-order valence-electron chi connectivity index (χ0n) is 9.76. The molecular weight excluding hydrogens is 226 g/mol. The van der Waals surface area contributed by atoms with E-state index in [4.69, 9.17) is 16.3 Å². The third kappa shape index (κ3) is 2.74. The molecule has 0 amide bonds. The predicted octanol–water partition coefficient (Wildman–Crippen LogP) is 2.31. The van der Waals surface area contributed by atoms with Crippen LogP contribution in [0.5, 0.6) is 5.75 Å². The topological polar surface area (TPSA) is 38.3 Å². The third-order valence-corrected chi connectivity index (χ3v) is 2.69. The highest BCUT2D eigenvalue weighted by atomic mass is 35.5. The van der Waals surface area contributed by atoms with Gasteiger partial charge in [0.1, 0.15) is 5.75 Å². The molecule has 88 valence electrons. The van der Waals surface area contributed by atoms with Crippen molar-refractivity contribution in [2.24, 2.45) is 0 Å². The van der Waals surface area contributed by atoms with Gasteiger partial charge in [0.2, 0.25) is 0 Å². The molecule has 0 fully saturated rings. The second-order valence-corrected chi connectivity index (χ2v) is 3.86. The summed E-state index contributed by atoms with van der Waals surface area (Å²) in [6, 6.07) is 3.50. The number of Topliss-reactive ketones (excluding diaryl/α,β-unsaturated/α-hetero) is 1. The lowest BCUT2D eigenvalue weighted by molar-refractivity contribution is 0.0992. The molecule has 0 unspecified atom stereocenters. The van der Waals surface area contributed by atoms with Crippen molar-refractivity contribution >= 4 is 17.4 Å². The van der Waals surface area contributed by atoms with Crippen molar-refractivity contribution in [1.82, 2.24) is 5.32 Å². The predicted molar refractivity (Wildman–Crippen MR) is 65.6 cm³/mol. The second kappa shape index (κ2) is 5.87. The lowest BCUT2D eigenvalue weighted by Crippen LogP contribution is -2.19. The minimum Gasteiger partial charge on any atom is -0.495 e. The van der Waals surface area contributed by atoms with Crippen LogP contribution in [0.4, 0.5) is 0 Å². The highest BCUT2D eigenvalue weighted by molar-refractivity contribution is 6.32. The number of ketones is 1. The number of carbonyl (C=O) groups is 1. The first-order valence-corrected chi connectivity index (χ1v) is 5.56. The Hall–Kier alpha value is -1.06. The number of hydrogen-bond donors (Lipinski definition) is 1. The molecule has 4 heteroatoms. The molecule has 0 spiro atoms. The van der Waals surface area contributed by atoms with Crippen LogP contribution in [0.15, 0.2) is 12.1 Å². The van der Waals surface area contributed by atoms with Gasteiger partial charge in [-0.3, -0.25) is 4.79 Å². The van der Waals surface area contributed by atoms with Gasteiger partial charge in [0.05, 0.1) is 18.7 Å². The van der Waals surface area contributed by atoms with Gasteiger partial charge in [-0.05, 0) is 31.2 Å². The first-order chi connectivity index (χ1) is 7.63.